The zero-order valence-electron chi connectivity index (χ0n) is 11.9. The molecule has 4 nitrogen and oxygen atoms in total. The van der Waals surface area contributed by atoms with E-state index in [1.54, 1.807) is 24.3 Å². The molecule has 2 aromatic rings. The van der Waals surface area contributed by atoms with Crippen LogP contribution in [0.2, 0.25) is 5.02 Å². The molecule has 0 spiro atoms. The van der Waals surface area contributed by atoms with Gasteiger partial charge in [-0.25, -0.2) is 8.78 Å². The van der Waals surface area contributed by atoms with Gasteiger partial charge in [-0.1, -0.05) is 23.7 Å². The average Bonchev–Trinajstić information content (AvgIpc) is 2.48. The third-order valence-electron chi connectivity index (χ3n) is 3.18. The van der Waals surface area contributed by atoms with Crippen molar-refractivity contribution in [2.75, 3.05) is 0 Å². The first-order valence-corrected chi connectivity index (χ1v) is 7.04. The largest absolute Gasteiger partial charge is 0.368 e. The number of nitrogens with one attached hydrogen (secondary N) is 1. The second kappa shape index (κ2) is 7.19. The Bertz CT molecular complexity index is 735. The predicted octanol–water partition coefficient (Wildman–Crippen LogP) is 2.44. The smallest absolute Gasteiger partial charge is 0.254 e. The highest BCUT2D eigenvalue weighted by atomic mass is 35.5. The molecule has 0 saturated heterocycles. The van der Waals surface area contributed by atoms with Gasteiger partial charge in [0.25, 0.3) is 5.91 Å². The maximum Gasteiger partial charge on any atom is 0.254 e. The molecule has 2 amide bonds. The molecular formula is C16H13ClF2N2O2. The van der Waals surface area contributed by atoms with E-state index in [0.717, 1.165) is 17.7 Å². The van der Waals surface area contributed by atoms with E-state index in [0.29, 0.717) is 11.1 Å². The predicted molar refractivity (Wildman–Crippen MR) is 82.0 cm³/mol. The molecule has 3 N–H and O–H groups in total. The van der Waals surface area contributed by atoms with Gasteiger partial charge < -0.3 is 11.1 Å². The molecule has 0 aliphatic heterocycles. The van der Waals surface area contributed by atoms with Gasteiger partial charge in [0, 0.05) is 17.5 Å². The summed E-state index contributed by atoms with van der Waals surface area (Å²) < 4.78 is 26.5. The van der Waals surface area contributed by atoms with Crippen LogP contribution in [-0.4, -0.2) is 17.9 Å². The molecule has 0 aliphatic carbocycles. The SMILES string of the molecule is NC(=O)[C@@H](Cc1ccc(Cl)cc1)NC(=O)c1ccc(F)cc1F. The van der Waals surface area contributed by atoms with Crippen molar-refractivity contribution in [1.29, 1.82) is 0 Å². The number of nitrogens with two attached hydrogens (primary N) is 1. The first kappa shape index (κ1) is 16.9. The number of primary amides is 1. The van der Waals surface area contributed by atoms with Gasteiger partial charge in [-0.2, -0.15) is 0 Å². The fraction of sp³-hybridized carbons (Fsp3) is 0.125. The number of amides is 2. The van der Waals surface area contributed by atoms with E-state index in [1.807, 2.05) is 0 Å². The Morgan fingerprint density at radius 1 is 1.13 bits per heavy atom. The normalized spacial score (nSPS) is 11.8. The van der Waals surface area contributed by atoms with Crippen LogP contribution in [0.15, 0.2) is 42.5 Å². The molecular weight excluding hydrogens is 326 g/mol. The zero-order valence-corrected chi connectivity index (χ0v) is 12.6. The summed E-state index contributed by atoms with van der Waals surface area (Å²) in [5.74, 6) is -3.43. The Balaban J connectivity index is 2.14. The summed E-state index contributed by atoms with van der Waals surface area (Å²) in [4.78, 5) is 23.5. The maximum atomic E-state index is 13.6. The van der Waals surface area contributed by atoms with Crippen LogP contribution in [0.4, 0.5) is 8.78 Å². The third-order valence-corrected chi connectivity index (χ3v) is 3.43. The highest BCUT2D eigenvalue weighted by Crippen LogP contribution is 2.13. The van der Waals surface area contributed by atoms with E-state index in [-0.39, 0.29) is 12.0 Å². The quantitative estimate of drug-likeness (QED) is 0.879. The minimum atomic E-state index is -1.03. The van der Waals surface area contributed by atoms with Gasteiger partial charge in [-0.3, -0.25) is 9.59 Å². The molecule has 0 aromatic heterocycles. The molecule has 0 saturated carbocycles. The lowest BCUT2D eigenvalue weighted by atomic mass is 10.0. The van der Waals surface area contributed by atoms with Crippen LogP contribution in [0.25, 0.3) is 0 Å². The van der Waals surface area contributed by atoms with Crippen molar-refractivity contribution in [3.63, 3.8) is 0 Å². The number of carbonyl (C=O) groups is 2. The van der Waals surface area contributed by atoms with Gasteiger partial charge in [-0.15, -0.1) is 0 Å². The van der Waals surface area contributed by atoms with Gasteiger partial charge >= 0.3 is 0 Å². The number of carbonyl (C=O) groups excluding carboxylic acids is 2. The first-order valence-electron chi connectivity index (χ1n) is 6.66. The lowest BCUT2D eigenvalue weighted by Crippen LogP contribution is -2.46. The molecule has 120 valence electrons. The van der Waals surface area contributed by atoms with Crippen molar-refractivity contribution in [3.05, 3.63) is 70.2 Å². The maximum absolute atomic E-state index is 13.6. The van der Waals surface area contributed by atoms with Crippen LogP contribution >= 0.6 is 11.6 Å². The van der Waals surface area contributed by atoms with Crippen molar-refractivity contribution in [1.82, 2.24) is 5.32 Å². The van der Waals surface area contributed by atoms with E-state index in [9.17, 15) is 18.4 Å². The van der Waals surface area contributed by atoms with Gasteiger partial charge in [-0.05, 0) is 29.8 Å². The molecule has 0 unspecified atom stereocenters. The van der Waals surface area contributed by atoms with Crippen LogP contribution in [0.5, 0.6) is 0 Å². The minimum absolute atomic E-state index is 0.126. The van der Waals surface area contributed by atoms with E-state index < -0.39 is 29.5 Å². The van der Waals surface area contributed by atoms with Gasteiger partial charge in [0.15, 0.2) is 0 Å². The van der Waals surface area contributed by atoms with Crippen LogP contribution in [-0.2, 0) is 11.2 Å². The molecule has 0 heterocycles. The molecule has 1 atom stereocenters. The minimum Gasteiger partial charge on any atom is -0.368 e. The fourth-order valence-electron chi connectivity index (χ4n) is 1.99. The second-order valence-corrected chi connectivity index (χ2v) is 5.32. The molecule has 0 bridgehead atoms. The molecule has 0 radical (unpaired) electrons. The standard InChI is InChI=1S/C16H13ClF2N2O2/c17-10-3-1-9(2-4-10)7-14(15(20)22)21-16(23)12-6-5-11(18)8-13(12)19/h1-6,8,14H,7H2,(H2,20,22)(H,21,23)/t14-/m1/s1. The molecule has 2 aromatic carbocycles. The zero-order chi connectivity index (χ0) is 17.0. The number of hydrogen-bond acceptors (Lipinski definition) is 2. The summed E-state index contributed by atoms with van der Waals surface area (Å²) >= 11 is 5.77. The molecule has 23 heavy (non-hydrogen) atoms. The van der Waals surface area contributed by atoms with Crippen LogP contribution in [0.1, 0.15) is 15.9 Å². The summed E-state index contributed by atoms with van der Waals surface area (Å²) in [7, 11) is 0. The summed E-state index contributed by atoms with van der Waals surface area (Å²) in [6, 6.07) is 8.15. The number of benzene rings is 2. The van der Waals surface area contributed by atoms with Crippen molar-refractivity contribution in [2.45, 2.75) is 12.5 Å². The van der Waals surface area contributed by atoms with Gasteiger partial charge in [0.2, 0.25) is 5.91 Å². The van der Waals surface area contributed by atoms with Gasteiger partial charge in [0.05, 0.1) is 5.56 Å². The Morgan fingerprint density at radius 3 is 2.35 bits per heavy atom. The monoisotopic (exact) mass is 338 g/mol. The van der Waals surface area contributed by atoms with Crippen molar-refractivity contribution < 1.29 is 18.4 Å². The van der Waals surface area contributed by atoms with Crippen LogP contribution in [0, 0.1) is 11.6 Å². The number of hydrogen-bond donors (Lipinski definition) is 2. The lowest BCUT2D eigenvalue weighted by Gasteiger charge is -2.16. The number of rotatable bonds is 5. The highest BCUT2D eigenvalue weighted by Gasteiger charge is 2.21. The molecule has 2 rings (SSSR count). The highest BCUT2D eigenvalue weighted by molar-refractivity contribution is 6.30. The third kappa shape index (κ3) is 4.50. The van der Waals surface area contributed by atoms with Crippen molar-refractivity contribution in [3.8, 4) is 0 Å². The Morgan fingerprint density at radius 2 is 1.78 bits per heavy atom. The first-order chi connectivity index (χ1) is 10.9. The van der Waals surface area contributed by atoms with E-state index in [4.69, 9.17) is 17.3 Å². The van der Waals surface area contributed by atoms with Crippen molar-refractivity contribution >= 4 is 23.4 Å². The van der Waals surface area contributed by atoms with E-state index in [1.165, 1.54) is 0 Å². The summed E-state index contributed by atoms with van der Waals surface area (Å²) in [6.07, 6.45) is 0.126. The van der Waals surface area contributed by atoms with Gasteiger partial charge in [0.1, 0.15) is 17.7 Å². The molecule has 0 fully saturated rings. The second-order valence-electron chi connectivity index (χ2n) is 4.88. The summed E-state index contributed by atoms with van der Waals surface area (Å²) in [5.41, 5.74) is 5.62. The average molecular weight is 339 g/mol. The molecule has 7 heteroatoms. The lowest BCUT2D eigenvalue weighted by molar-refractivity contribution is -0.119. The van der Waals surface area contributed by atoms with E-state index in [2.05, 4.69) is 5.32 Å². The Hall–Kier alpha value is -2.47. The fourth-order valence-corrected chi connectivity index (χ4v) is 2.11. The summed E-state index contributed by atoms with van der Waals surface area (Å²) in [5, 5.41) is 2.88. The number of halogens is 3. The van der Waals surface area contributed by atoms with Crippen LogP contribution in [0.3, 0.4) is 0 Å². The Kier molecular flexibility index (Phi) is 5.28. The topological polar surface area (TPSA) is 72.2 Å². The Labute approximate surface area is 136 Å². The van der Waals surface area contributed by atoms with E-state index >= 15 is 0 Å². The molecule has 0 aliphatic rings. The van der Waals surface area contributed by atoms with Crippen molar-refractivity contribution in [2.24, 2.45) is 5.73 Å². The van der Waals surface area contributed by atoms with Crippen LogP contribution < -0.4 is 11.1 Å². The summed E-state index contributed by atoms with van der Waals surface area (Å²) in [6.45, 7) is 0.